The fourth-order valence-electron chi connectivity index (χ4n) is 2.37. The first-order valence-corrected chi connectivity index (χ1v) is 7.47. The van der Waals surface area contributed by atoms with Gasteiger partial charge >= 0.3 is 0 Å². The molecule has 2 rings (SSSR count). The van der Waals surface area contributed by atoms with Crippen LogP contribution in [0.4, 0.5) is 5.69 Å². The van der Waals surface area contributed by atoms with Crippen LogP contribution >= 0.6 is 23.2 Å². The van der Waals surface area contributed by atoms with Crippen molar-refractivity contribution < 1.29 is 4.79 Å². The normalized spacial score (nSPS) is 20.0. The van der Waals surface area contributed by atoms with Gasteiger partial charge in [-0.2, -0.15) is 0 Å². The molecular weight excluding hydrogens is 295 g/mol. The molecule has 0 saturated heterocycles. The summed E-state index contributed by atoms with van der Waals surface area (Å²) in [7, 11) is 1.96. The van der Waals surface area contributed by atoms with Crippen molar-refractivity contribution in [3.05, 3.63) is 28.2 Å². The minimum Gasteiger partial charge on any atom is -0.322 e. The highest BCUT2D eigenvalue weighted by Crippen LogP contribution is 2.51. The van der Waals surface area contributed by atoms with Crippen LogP contribution in [0.3, 0.4) is 0 Å². The lowest BCUT2D eigenvalue weighted by Gasteiger charge is -2.17. The molecule has 0 aromatic heterocycles. The van der Waals surface area contributed by atoms with Gasteiger partial charge in [-0.25, -0.2) is 0 Å². The van der Waals surface area contributed by atoms with Gasteiger partial charge < -0.3 is 5.32 Å². The highest BCUT2D eigenvalue weighted by Gasteiger charge is 2.45. The number of anilines is 1. The van der Waals surface area contributed by atoms with Crippen molar-refractivity contribution in [1.82, 2.24) is 4.90 Å². The predicted octanol–water partition coefficient (Wildman–Crippen LogP) is 3.91. The number of likely N-dealkylation sites (N-methyl/N-ethyl adjacent to an activating group) is 1. The number of hydrogen-bond acceptors (Lipinski definition) is 2. The zero-order chi connectivity index (χ0) is 14.9. The molecule has 1 aliphatic carbocycles. The van der Waals surface area contributed by atoms with E-state index < -0.39 is 0 Å². The third-order valence-corrected chi connectivity index (χ3v) is 4.52. The molecule has 0 bridgehead atoms. The number of hydrogen-bond donors (Lipinski definition) is 1. The summed E-state index contributed by atoms with van der Waals surface area (Å²) in [4.78, 5) is 14.1. The number of halogens is 2. The molecule has 110 valence electrons. The molecule has 1 aromatic carbocycles. The standard InChI is InChI=1S/C15H20Cl2N2O/c1-15(2)7-10(15)8-19(3)9-13(20)18-14-11(16)5-4-6-12(14)17/h4-6,10H,7-9H2,1-3H3,(H,18,20). The van der Waals surface area contributed by atoms with E-state index in [4.69, 9.17) is 23.2 Å². The number of amides is 1. The number of benzene rings is 1. The molecule has 1 aliphatic rings. The van der Waals surface area contributed by atoms with Gasteiger partial charge in [0.15, 0.2) is 0 Å². The van der Waals surface area contributed by atoms with Gasteiger partial charge in [0.25, 0.3) is 0 Å². The van der Waals surface area contributed by atoms with Crippen molar-refractivity contribution in [3.63, 3.8) is 0 Å². The number of nitrogens with zero attached hydrogens (tertiary/aromatic N) is 1. The number of nitrogens with one attached hydrogen (secondary N) is 1. The Bertz CT molecular complexity index is 496. The Morgan fingerprint density at radius 3 is 2.45 bits per heavy atom. The second-order valence-corrected chi connectivity index (χ2v) is 7.05. The highest BCUT2D eigenvalue weighted by molar-refractivity contribution is 6.39. The lowest BCUT2D eigenvalue weighted by molar-refractivity contribution is -0.117. The molecule has 0 aliphatic heterocycles. The molecule has 1 saturated carbocycles. The summed E-state index contributed by atoms with van der Waals surface area (Å²) in [6.45, 7) is 5.80. The molecule has 3 nitrogen and oxygen atoms in total. The molecule has 1 unspecified atom stereocenters. The number of carbonyl (C=O) groups is 1. The van der Waals surface area contributed by atoms with Gasteiger partial charge in [-0.1, -0.05) is 43.1 Å². The van der Waals surface area contributed by atoms with Crippen LogP contribution in [0.5, 0.6) is 0 Å². The lowest BCUT2D eigenvalue weighted by atomic mass is 10.1. The minimum absolute atomic E-state index is 0.0963. The molecule has 0 radical (unpaired) electrons. The van der Waals surface area contributed by atoms with Crippen LogP contribution in [0.25, 0.3) is 0 Å². The van der Waals surface area contributed by atoms with E-state index in [1.807, 2.05) is 11.9 Å². The first-order chi connectivity index (χ1) is 9.29. The molecular formula is C15H20Cl2N2O. The second-order valence-electron chi connectivity index (χ2n) is 6.23. The molecule has 0 spiro atoms. The molecule has 0 heterocycles. The Labute approximate surface area is 130 Å². The van der Waals surface area contributed by atoms with Gasteiger partial charge in [0.2, 0.25) is 5.91 Å². The summed E-state index contributed by atoms with van der Waals surface area (Å²) in [5, 5.41) is 3.69. The zero-order valence-electron chi connectivity index (χ0n) is 12.0. The van der Waals surface area contributed by atoms with Crippen molar-refractivity contribution in [2.45, 2.75) is 20.3 Å². The predicted molar refractivity (Wildman–Crippen MR) is 84.5 cm³/mol. The van der Waals surface area contributed by atoms with Crippen LogP contribution in [0.2, 0.25) is 10.0 Å². The van der Waals surface area contributed by atoms with Crippen molar-refractivity contribution in [1.29, 1.82) is 0 Å². The Kier molecular flexibility index (Phi) is 4.62. The zero-order valence-corrected chi connectivity index (χ0v) is 13.6. The molecule has 5 heteroatoms. The van der Waals surface area contributed by atoms with Crippen molar-refractivity contribution >= 4 is 34.8 Å². The maximum absolute atomic E-state index is 12.0. The second kappa shape index (κ2) is 5.92. The number of carbonyl (C=O) groups excluding carboxylic acids is 1. The van der Waals surface area contributed by atoms with Crippen LogP contribution in [0.15, 0.2) is 18.2 Å². The van der Waals surface area contributed by atoms with Crippen LogP contribution in [-0.4, -0.2) is 30.9 Å². The Morgan fingerprint density at radius 1 is 1.40 bits per heavy atom. The first kappa shape index (κ1) is 15.6. The van der Waals surface area contributed by atoms with Crippen LogP contribution in [-0.2, 0) is 4.79 Å². The SMILES string of the molecule is CN(CC(=O)Nc1c(Cl)cccc1Cl)CC1CC1(C)C. The minimum atomic E-state index is -0.0963. The van der Waals surface area contributed by atoms with Gasteiger partial charge in [-0.15, -0.1) is 0 Å². The molecule has 1 N–H and O–H groups in total. The summed E-state index contributed by atoms with van der Waals surface area (Å²) < 4.78 is 0. The number of rotatable bonds is 5. The molecule has 1 amide bonds. The average Bonchev–Trinajstić information content (AvgIpc) is 2.91. The first-order valence-electron chi connectivity index (χ1n) is 6.72. The summed E-state index contributed by atoms with van der Waals surface area (Å²) in [5.41, 5.74) is 0.914. The van der Waals surface area contributed by atoms with Crippen LogP contribution in [0.1, 0.15) is 20.3 Å². The van der Waals surface area contributed by atoms with Gasteiger partial charge in [0, 0.05) is 6.54 Å². The average molecular weight is 315 g/mol. The molecule has 1 fully saturated rings. The maximum Gasteiger partial charge on any atom is 0.238 e. The largest absolute Gasteiger partial charge is 0.322 e. The topological polar surface area (TPSA) is 32.3 Å². The van der Waals surface area contributed by atoms with E-state index in [9.17, 15) is 4.79 Å². The maximum atomic E-state index is 12.0. The van der Waals surface area contributed by atoms with Gasteiger partial charge in [-0.3, -0.25) is 9.69 Å². The van der Waals surface area contributed by atoms with E-state index in [1.54, 1.807) is 18.2 Å². The molecule has 1 atom stereocenters. The van der Waals surface area contributed by atoms with Gasteiger partial charge in [-0.05, 0) is 36.9 Å². The lowest BCUT2D eigenvalue weighted by Crippen LogP contribution is -2.32. The monoisotopic (exact) mass is 314 g/mol. The van der Waals surface area contributed by atoms with E-state index in [0.29, 0.717) is 33.6 Å². The summed E-state index contributed by atoms with van der Waals surface area (Å²) >= 11 is 12.1. The fourth-order valence-corrected chi connectivity index (χ4v) is 2.86. The van der Waals surface area contributed by atoms with Gasteiger partial charge in [0.05, 0.1) is 22.3 Å². The third kappa shape index (κ3) is 3.87. The fraction of sp³-hybridized carbons (Fsp3) is 0.533. The quantitative estimate of drug-likeness (QED) is 0.893. The van der Waals surface area contributed by atoms with Crippen molar-refractivity contribution in [2.24, 2.45) is 11.3 Å². The smallest absolute Gasteiger partial charge is 0.238 e. The summed E-state index contributed by atoms with van der Waals surface area (Å²) in [6.07, 6.45) is 1.23. The Balaban J connectivity index is 1.86. The van der Waals surface area contributed by atoms with E-state index in [-0.39, 0.29) is 5.91 Å². The Hall–Kier alpha value is -0.770. The van der Waals surface area contributed by atoms with Crippen molar-refractivity contribution in [2.75, 3.05) is 25.5 Å². The van der Waals surface area contributed by atoms with Crippen LogP contribution < -0.4 is 5.32 Å². The summed E-state index contributed by atoms with van der Waals surface area (Å²) in [5.74, 6) is 0.588. The van der Waals surface area contributed by atoms with E-state index in [1.165, 1.54) is 6.42 Å². The van der Waals surface area contributed by atoms with Crippen LogP contribution in [0, 0.1) is 11.3 Å². The van der Waals surface area contributed by atoms with E-state index >= 15 is 0 Å². The molecule has 20 heavy (non-hydrogen) atoms. The summed E-state index contributed by atoms with van der Waals surface area (Å²) in [6, 6.07) is 5.17. The Morgan fingerprint density at radius 2 is 1.95 bits per heavy atom. The van der Waals surface area contributed by atoms with Crippen molar-refractivity contribution in [3.8, 4) is 0 Å². The van der Waals surface area contributed by atoms with Gasteiger partial charge in [0.1, 0.15) is 0 Å². The number of para-hydroxylation sites is 1. The van der Waals surface area contributed by atoms with E-state index in [2.05, 4.69) is 19.2 Å². The van der Waals surface area contributed by atoms with E-state index in [0.717, 1.165) is 6.54 Å². The molecule has 1 aromatic rings. The third-order valence-electron chi connectivity index (χ3n) is 3.89. The highest BCUT2D eigenvalue weighted by atomic mass is 35.5.